The van der Waals surface area contributed by atoms with Crippen LogP contribution in [0.4, 0.5) is 0 Å². The first-order chi connectivity index (χ1) is 16.5. The van der Waals surface area contributed by atoms with E-state index in [2.05, 4.69) is 51.4 Å². The minimum atomic E-state index is -0.159. The van der Waals surface area contributed by atoms with Crippen LogP contribution in [-0.2, 0) is 22.5 Å². The van der Waals surface area contributed by atoms with Crippen molar-refractivity contribution in [2.45, 2.75) is 77.7 Å². The number of unbranched alkanes of at least 4 members (excludes halogenated alkanes) is 7. The lowest BCUT2D eigenvalue weighted by atomic mass is 10.0. The minimum absolute atomic E-state index is 0.159. The molecule has 2 aromatic carbocycles. The summed E-state index contributed by atoms with van der Waals surface area (Å²) in [4.78, 5) is 12.3. The third-order valence-electron chi connectivity index (χ3n) is 6.05. The Morgan fingerprint density at radius 2 is 1.44 bits per heavy atom. The molecule has 0 saturated carbocycles. The van der Waals surface area contributed by atoms with E-state index in [0.717, 1.165) is 18.7 Å². The first-order valence-corrected chi connectivity index (χ1v) is 13.2. The van der Waals surface area contributed by atoms with Crippen LogP contribution in [0.15, 0.2) is 54.6 Å². The number of hydrogen-bond acceptors (Lipinski definition) is 3. The van der Waals surface area contributed by atoms with E-state index in [1.807, 2.05) is 24.3 Å². The lowest BCUT2D eigenvalue weighted by molar-refractivity contribution is -0.896. The van der Waals surface area contributed by atoms with Crippen LogP contribution in [0.1, 0.15) is 75.8 Å². The van der Waals surface area contributed by atoms with Crippen LogP contribution in [-0.4, -0.2) is 44.3 Å². The van der Waals surface area contributed by atoms with E-state index in [1.54, 1.807) is 0 Å². The van der Waals surface area contributed by atoms with Crippen LogP contribution in [0.25, 0.3) is 0 Å². The fourth-order valence-electron chi connectivity index (χ4n) is 4.22. The summed E-state index contributed by atoms with van der Waals surface area (Å²) in [6, 6.07) is 18.7. The second-order valence-electron chi connectivity index (χ2n) is 10.0. The Labute approximate surface area is 207 Å². The molecule has 0 aromatic heterocycles. The molecule has 2 rings (SSSR count). The number of nitrogens with zero attached hydrogens (tertiary/aromatic N) is 1. The van der Waals surface area contributed by atoms with Gasteiger partial charge >= 0.3 is 5.97 Å². The second-order valence-corrected chi connectivity index (χ2v) is 10.0. The molecular weight excluding hydrogens is 422 g/mol. The van der Waals surface area contributed by atoms with E-state index in [9.17, 15) is 4.79 Å². The second kappa shape index (κ2) is 16.3. The van der Waals surface area contributed by atoms with Crippen molar-refractivity contribution in [3.05, 3.63) is 65.7 Å². The van der Waals surface area contributed by atoms with Gasteiger partial charge in [0.15, 0.2) is 6.54 Å². The van der Waals surface area contributed by atoms with Crippen molar-refractivity contribution < 1.29 is 18.8 Å². The predicted octanol–water partition coefficient (Wildman–Crippen LogP) is 6.96. The van der Waals surface area contributed by atoms with Crippen LogP contribution >= 0.6 is 0 Å². The maximum absolute atomic E-state index is 12.3. The Morgan fingerprint density at radius 1 is 0.765 bits per heavy atom. The monoisotopic (exact) mass is 468 g/mol. The number of carbonyl (C=O) groups excluding carboxylic acids is 1. The maximum atomic E-state index is 12.3. The SMILES string of the molecule is CCCCCCCCCCc1cccc(OCCCOC(=O)C[N+](C)(C)Cc2ccccc2)c1. The summed E-state index contributed by atoms with van der Waals surface area (Å²) in [5, 5.41) is 0. The smallest absolute Gasteiger partial charge is 0.361 e. The topological polar surface area (TPSA) is 35.5 Å². The molecule has 0 amide bonds. The van der Waals surface area contributed by atoms with Crippen molar-refractivity contribution in [1.82, 2.24) is 0 Å². The highest BCUT2D eigenvalue weighted by atomic mass is 16.5. The van der Waals surface area contributed by atoms with Crippen LogP contribution in [0.2, 0.25) is 0 Å². The van der Waals surface area contributed by atoms with E-state index in [1.165, 1.54) is 62.5 Å². The third kappa shape index (κ3) is 12.8. The quantitative estimate of drug-likeness (QED) is 0.135. The normalized spacial score (nSPS) is 11.4. The Kier molecular flexibility index (Phi) is 13.4. The lowest BCUT2D eigenvalue weighted by Crippen LogP contribution is -2.43. The number of likely N-dealkylation sites (N-methyl/N-ethyl adjacent to an activating group) is 1. The molecule has 0 atom stereocenters. The van der Waals surface area contributed by atoms with E-state index in [-0.39, 0.29) is 5.97 Å². The maximum Gasteiger partial charge on any atom is 0.361 e. The number of ether oxygens (including phenoxy) is 2. The van der Waals surface area contributed by atoms with E-state index in [4.69, 9.17) is 9.47 Å². The van der Waals surface area contributed by atoms with Crippen LogP contribution in [0.5, 0.6) is 5.75 Å². The van der Waals surface area contributed by atoms with E-state index in [0.29, 0.717) is 30.7 Å². The summed E-state index contributed by atoms with van der Waals surface area (Å²) in [7, 11) is 4.11. The molecule has 0 N–H and O–H groups in total. The molecule has 0 unspecified atom stereocenters. The number of benzene rings is 2. The van der Waals surface area contributed by atoms with E-state index < -0.39 is 0 Å². The Balaban J connectivity index is 1.56. The zero-order chi connectivity index (χ0) is 24.5. The van der Waals surface area contributed by atoms with Gasteiger partial charge < -0.3 is 14.0 Å². The van der Waals surface area contributed by atoms with Crippen molar-refractivity contribution in [1.29, 1.82) is 0 Å². The number of aryl methyl sites for hydroxylation is 1. The van der Waals surface area contributed by atoms with Gasteiger partial charge in [0.1, 0.15) is 12.3 Å². The van der Waals surface area contributed by atoms with Crippen molar-refractivity contribution in [3.8, 4) is 5.75 Å². The average molecular weight is 469 g/mol. The van der Waals surface area contributed by atoms with Crippen molar-refractivity contribution >= 4 is 5.97 Å². The molecule has 0 aliphatic rings. The molecule has 2 aromatic rings. The highest BCUT2D eigenvalue weighted by Gasteiger charge is 2.21. The van der Waals surface area contributed by atoms with Crippen molar-refractivity contribution in [2.24, 2.45) is 0 Å². The minimum Gasteiger partial charge on any atom is -0.493 e. The molecule has 0 bridgehead atoms. The van der Waals surface area contributed by atoms with Gasteiger partial charge in [0.05, 0.1) is 27.3 Å². The van der Waals surface area contributed by atoms with Gasteiger partial charge in [-0.05, 0) is 30.5 Å². The van der Waals surface area contributed by atoms with Gasteiger partial charge in [0, 0.05) is 12.0 Å². The average Bonchev–Trinajstić information content (AvgIpc) is 2.81. The Morgan fingerprint density at radius 3 is 2.18 bits per heavy atom. The molecular formula is C30H46NO3+. The van der Waals surface area contributed by atoms with Crippen molar-refractivity contribution in [3.63, 3.8) is 0 Å². The van der Waals surface area contributed by atoms with Gasteiger partial charge in [-0.1, -0.05) is 94.3 Å². The predicted molar refractivity (Wildman–Crippen MR) is 141 cm³/mol. The molecule has 34 heavy (non-hydrogen) atoms. The zero-order valence-corrected chi connectivity index (χ0v) is 21.8. The van der Waals surface area contributed by atoms with Crippen LogP contribution in [0, 0.1) is 0 Å². The molecule has 4 nitrogen and oxygen atoms in total. The van der Waals surface area contributed by atoms with E-state index >= 15 is 0 Å². The van der Waals surface area contributed by atoms with Gasteiger partial charge in [-0.25, -0.2) is 4.79 Å². The molecule has 4 heteroatoms. The van der Waals surface area contributed by atoms with Crippen molar-refractivity contribution in [2.75, 3.05) is 33.9 Å². The number of carbonyl (C=O) groups is 1. The first-order valence-electron chi connectivity index (χ1n) is 13.2. The lowest BCUT2D eigenvalue weighted by Gasteiger charge is -2.28. The largest absolute Gasteiger partial charge is 0.493 e. The summed E-state index contributed by atoms with van der Waals surface area (Å²) in [6.07, 6.45) is 12.5. The molecule has 0 spiro atoms. The Bertz CT molecular complexity index is 804. The van der Waals surface area contributed by atoms with Gasteiger partial charge in [0.2, 0.25) is 0 Å². The highest BCUT2D eigenvalue weighted by Crippen LogP contribution is 2.17. The molecule has 0 fully saturated rings. The van der Waals surface area contributed by atoms with Gasteiger partial charge in [-0.2, -0.15) is 0 Å². The molecule has 0 aliphatic carbocycles. The molecule has 0 saturated heterocycles. The van der Waals surface area contributed by atoms with Gasteiger partial charge in [0.25, 0.3) is 0 Å². The van der Waals surface area contributed by atoms with Crippen LogP contribution in [0.3, 0.4) is 0 Å². The van der Waals surface area contributed by atoms with Gasteiger partial charge in [-0.15, -0.1) is 0 Å². The summed E-state index contributed by atoms with van der Waals surface area (Å²) in [5.41, 5.74) is 2.56. The molecule has 188 valence electrons. The molecule has 0 aliphatic heterocycles. The Hall–Kier alpha value is -2.33. The number of hydrogen-bond donors (Lipinski definition) is 0. The fourth-order valence-corrected chi connectivity index (χ4v) is 4.22. The van der Waals surface area contributed by atoms with Crippen LogP contribution < -0.4 is 4.74 Å². The fraction of sp³-hybridized carbons (Fsp3) is 0.567. The standard InChI is InChI=1S/C30H46NO3/c1-4-5-6-7-8-9-10-12-17-27-20-15-21-29(24-27)33-22-16-23-34-30(32)26-31(2,3)25-28-18-13-11-14-19-28/h11,13-15,18-21,24H,4-10,12,16-17,22-23,25-26H2,1-3H3/q+1. The third-order valence-corrected chi connectivity index (χ3v) is 6.05. The number of quaternary nitrogens is 1. The summed E-state index contributed by atoms with van der Waals surface area (Å²) < 4.78 is 11.9. The summed E-state index contributed by atoms with van der Waals surface area (Å²) >= 11 is 0. The molecule has 0 radical (unpaired) electrons. The van der Waals surface area contributed by atoms with Gasteiger partial charge in [-0.3, -0.25) is 0 Å². The number of rotatable bonds is 18. The number of esters is 1. The zero-order valence-electron chi connectivity index (χ0n) is 21.8. The summed E-state index contributed by atoms with van der Waals surface area (Å²) in [6.45, 7) is 4.37. The summed E-state index contributed by atoms with van der Waals surface area (Å²) in [5.74, 6) is 0.748. The molecule has 0 heterocycles. The highest BCUT2D eigenvalue weighted by molar-refractivity contribution is 5.70. The first kappa shape index (κ1) is 27.9.